The maximum atomic E-state index is 13.3. The van der Waals surface area contributed by atoms with Gasteiger partial charge in [0.25, 0.3) is 0 Å². The summed E-state index contributed by atoms with van der Waals surface area (Å²) in [4.78, 5) is 0. The predicted molar refractivity (Wildman–Crippen MR) is 84.1 cm³/mol. The van der Waals surface area contributed by atoms with Crippen molar-refractivity contribution in [1.29, 1.82) is 0 Å². The maximum Gasteiger partial charge on any atom is 0.123 e. The molecule has 0 aliphatic carbocycles. The Bertz CT molecular complexity index is 553. The van der Waals surface area contributed by atoms with Gasteiger partial charge in [0.05, 0.1) is 6.61 Å². The first kappa shape index (κ1) is 15.5. The Morgan fingerprint density at radius 2 is 1.86 bits per heavy atom. The fourth-order valence-corrected chi connectivity index (χ4v) is 2.42. The molecule has 2 nitrogen and oxygen atoms in total. The minimum atomic E-state index is -0.186. The number of halogens is 1. The lowest BCUT2D eigenvalue weighted by molar-refractivity contribution is 0.340. The number of rotatable bonds is 7. The molecule has 1 atom stereocenters. The van der Waals surface area contributed by atoms with E-state index in [0.717, 1.165) is 24.3 Å². The average molecular weight is 287 g/mol. The van der Waals surface area contributed by atoms with Gasteiger partial charge in [0.2, 0.25) is 0 Å². The number of nitrogens with one attached hydrogen (secondary N) is 1. The summed E-state index contributed by atoms with van der Waals surface area (Å²) in [6.45, 7) is 5.58. The summed E-state index contributed by atoms with van der Waals surface area (Å²) in [6, 6.07) is 15.1. The van der Waals surface area contributed by atoms with Crippen molar-refractivity contribution in [3.05, 3.63) is 65.5 Å². The van der Waals surface area contributed by atoms with Crippen LogP contribution in [-0.4, -0.2) is 13.2 Å². The second-order valence-corrected chi connectivity index (χ2v) is 4.95. The Morgan fingerprint density at radius 1 is 1.10 bits per heavy atom. The van der Waals surface area contributed by atoms with E-state index < -0.39 is 0 Å². The molecule has 0 radical (unpaired) electrons. The monoisotopic (exact) mass is 287 g/mol. The molecule has 0 amide bonds. The molecule has 0 saturated heterocycles. The molecule has 1 unspecified atom stereocenters. The highest BCUT2D eigenvalue weighted by molar-refractivity contribution is 5.30. The van der Waals surface area contributed by atoms with Gasteiger partial charge in [-0.1, -0.05) is 31.2 Å². The third-order valence-corrected chi connectivity index (χ3v) is 3.37. The fraction of sp³-hybridized carbons (Fsp3) is 0.333. The first-order valence-corrected chi connectivity index (χ1v) is 7.43. The highest BCUT2D eigenvalue weighted by Gasteiger charge is 2.11. The number of benzene rings is 2. The van der Waals surface area contributed by atoms with E-state index in [4.69, 9.17) is 4.74 Å². The largest absolute Gasteiger partial charge is 0.494 e. The van der Waals surface area contributed by atoms with Crippen LogP contribution in [0.1, 0.15) is 31.0 Å². The smallest absolute Gasteiger partial charge is 0.123 e. The van der Waals surface area contributed by atoms with Crippen molar-refractivity contribution in [3.63, 3.8) is 0 Å². The quantitative estimate of drug-likeness (QED) is 0.827. The van der Waals surface area contributed by atoms with Crippen molar-refractivity contribution in [2.75, 3.05) is 13.2 Å². The molecule has 1 N–H and O–H groups in total. The Kier molecular flexibility index (Phi) is 5.76. The molecular weight excluding hydrogens is 265 g/mol. The molecule has 0 fully saturated rings. The van der Waals surface area contributed by atoms with Gasteiger partial charge in [-0.05, 0) is 55.3 Å². The summed E-state index contributed by atoms with van der Waals surface area (Å²) in [5, 5.41) is 3.46. The third kappa shape index (κ3) is 4.57. The lowest BCUT2D eigenvalue weighted by atomic mass is 9.98. The van der Waals surface area contributed by atoms with Gasteiger partial charge < -0.3 is 10.1 Å². The molecule has 0 saturated carbocycles. The lowest BCUT2D eigenvalue weighted by Crippen LogP contribution is -2.23. The van der Waals surface area contributed by atoms with Gasteiger partial charge in [-0.2, -0.15) is 0 Å². The van der Waals surface area contributed by atoms with E-state index in [1.807, 2.05) is 25.1 Å². The summed E-state index contributed by atoms with van der Waals surface area (Å²) in [5.74, 6) is 0.691. The van der Waals surface area contributed by atoms with Crippen LogP contribution in [0.2, 0.25) is 0 Å². The zero-order chi connectivity index (χ0) is 15.1. The summed E-state index contributed by atoms with van der Waals surface area (Å²) in [6.07, 6.45) is 0.763. The van der Waals surface area contributed by atoms with Gasteiger partial charge in [-0.3, -0.25) is 0 Å². The molecule has 0 spiro atoms. The Balaban J connectivity index is 2.14. The molecule has 3 heteroatoms. The predicted octanol–water partition coefficient (Wildman–Crippen LogP) is 4.12. The van der Waals surface area contributed by atoms with E-state index >= 15 is 0 Å². The van der Waals surface area contributed by atoms with E-state index in [9.17, 15) is 4.39 Å². The molecule has 112 valence electrons. The van der Waals surface area contributed by atoms with Gasteiger partial charge in [-0.15, -0.1) is 0 Å². The standard InChI is InChI=1S/C18H22FNO/c1-3-20-18(13-14-6-5-7-16(19)12-14)15-8-10-17(11-9-15)21-4-2/h5-12,18,20H,3-4,13H2,1-2H3. The second kappa shape index (κ2) is 7.79. The van der Waals surface area contributed by atoms with Crippen LogP contribution >= 0.6 is 0 Å². The third-order valence-electron chi connectivity index (χ3n) is 3.37. The van der Waals surface area contributed by atoms with Gasteiger partial charge in [0.15, 0.2) is 0 Å². The highest BCUT2D eigenvalue weighted by Crippen LogP contribution is 2.22. The van der Waals surface area contributed by atoms with Crippen molar-refractivity contribution < 1.29 is 9.13 Å². The maximum absolute atomic E-state index is 13.3. The zero-order valence-electron chi connectivity index (χ0n) is 12.6. The van der Waals surface area contributed by atoms with Crippen molar-refractivity contribution in [1.82, 2.24) is 5.32 Å². The Hall–Kier alpha value is -1.87. The topological polar surface area (TPSA) is 21.3 Å². The summed E-state index contributed by atoms with van der Waals surface area (Å²) < 4.78 is 18.8. The van der Waals surface area contributed by atoms with Crippen LogP contribution in [0.4, 0.5) is 4.39 Å². The number of hydrogen-bond donors (Lipinski definition) is 1. The molecule has 0 bridgehead atoms. The van der Waals surface area contributed by atoms with Gasteiger partial charge >= 0.3 is 0 Å². The normalized spacial score (nSPS) is 12.1. The Labute approximate surface area is 126 Å². The van der Waals surface area contributed by atoms with E-state index in [0.29, 0.717) is 6.61 Å². The highest BCUT2D eigenvalue weighted by atomic mass is 19.1. The molecule has 0 aromatic heterocycles. The van der Waals surface area contributed by atoms with Crippen LogP contribution in [0.3, 0.4) is 0 Å². The van der Waals surface area contributed by atoms with Crippen LogP contribution in [0.15, 0.2) is 48.5 Å². The molecule has 2 rings (SSSR count). The first-order valence-electron chi connectivity index (χ1n) is 7.43. The van der Waals surface area contributed by atoms with E-state index in [-0.39, 0.29) is 11.9 Å². The van der Waals surface area contributed by atoms with Crippen LogP contribution in [0, 0.1) is 5.82 Å². The van der Waals surface area contributed by atoms with Crippen LogP contribution in [-0.2, 0) is 6.42 Å². The fourth-order valence-electron chi connectivity index (χ4n) is 2.42. The molecule has 0 aliphatic rings. The van der Waals surface area contributed by atoms with Crippen LogP contribution in [0.25, 0.3) is 0 Å². The van der Waals surface area contributed by atoms with Gasteiger partial charge in [0.1, 0.15) is 11.6 Å². The van der Waals surface area contributed by atoms with E-state index in [1.165, 1.54) is 11.6 Å². The van der Waals surface area contributed by atoms with Crippen molar-refractivity contribution >= 4 is 0 Å². The molecule has 21 heavy (non-hydrogen) atoms. The number of hydrogen-bond acceptors (Lipinski definition) is 2. The summed E-state index contributed by atoms with van der Waals surface area (Å²) >= 11 is 0. The molecule has 0 heterocycles. The molecule has 2 aromatic carbocycles. The SMILES string of the molecule is CCNC(Cc1cccc(F)c1)c1ccc(OCC)cc1. The molecular formula is C18H22FNO. The first-order chi connectivity index (χ1) is 10.2. The lowest BCUT2D eigenvalue weighted by Gasteiger charge is -2.19. The summed E-state index contributed by atoms with van der Waals surface area (Å²) in [5.41, 5.74) is 2.18. The second-order valence-electron chi connectivity index (χ2n) is 4.95. The number of ether oxygens (including phenoxy) is 1. The van der Waals surface area contributed by atoms with Crippen molar-refractivity contribution in [3.8, 4) is 5.75 Å². The molecule has 2 aromatic rings. The summed E-state index contributed by atoms with van der Waals surface area (Å²) in [7, 11) is 0. The van der Waals surface area contributed by atoms with Gasteiger partial charge in [0, 0.05) is 6.04 Å². The van der Waals surface area contributed by atoms with E-state index in [1.54, 1.807) is 12.1 Å². The minimum Gasteiger partial charge on any atom is -0.494 e. The van der Waals surface area contributed by atoms with Crippen molar-refractivity contribution in [2.24, 2.45) is 0 Å². The van der Waals surface area contributed by atoms with Crippen molar-refractivity contribution in [2.45, 2.75) is 26.3 Å². The van der Waals surface area contributed by atoms with Crippen LogP contribution < -0.4 is 10.1 Å². The van der Waals surface area contributed by atoms with Crippen LogP contribution in [0.5, 0.6) is 5.75 Å². The molecule has 0 aliphatic heterocycles. The van der Waals surface area contributed by atoms with Gasteiger partial charge in [-0.25, -0.2) is 4.39 Å². The van der Waals surface area contributed by atoms with E-state index in [2.05, 4.69) is 24.4 Å². The average Bonchev–Trinajstić information content (AvgIpc) is 2.48. The minimum absolute atomic E-state index is 0.174. The number of likely N-dealkylation sites (N-methyl/N-ethyl adjacent to an activating group) is 1. The Morgan fingerprint density at radius 3 is 2.48 bits per heavy atom. The zero-order valence-corrected chi connectivity index (χ0v) is 12.6.